The van der Waals surface area contributed by atoms with Crippen LogP contribution in [0.3, 0.4) is 0 Å². The lowest BCUT2D eigenvalue weighted by Gasteiger charge is -2.06. The number of fused-ring (bicyclic) bond motifs is 1. The van der Waals surface area contributed by atoms with Crippen molar-refractivity contribution in [2.75, 3.05) is 19.0 Å². The van der Waals surface area contributed by atoms with Crippen molar-refractivity contribution < 1.29 is 9.53 Å². The van der Waals surface area contributed by atoms with E-state index in [1.54, 1.807) is 0 Å². The van der Waals surface area contributed by atoms with Crippen LogP contribution in [0.15, 0.2) is 24.3 Å². The molecule has 1 aliphatic rings. The summed E-state index contributed by atoms with van der Waals surface area (Å²) in [5.74, 6) is -0.307. The maximum Gasteiger partial charge on any atom is 0.315 e. The van der Waals surface area contributed by atoms with Crippen molar-refractivity contribution in [1.82, 2.24) is 0 Å². The molecule has 76 valence electrons. The van der Waals surface area contributed by atoms with E-state index in [-0.39, 0.29) is 24.3 Å². The van der Waals surface area contributed by atoms with E-state index in [9.17, 15) is 4.79 Å². The number of hydrogen-bond acceptors (Lipinski definition) is 3. The first-order valence-corrected chi connectivity index (χ1v) is 4.23. The molecule has 0 saturated carbocycles. The number of rotatable bonds is 1. The average molecular weight is 214 g/mol. The van der Waals surface area contributed by atoms with Gasteiger partial charge in [0, 0.05) is 12.2 Å². The van der Waals surface area contributed by atoms with Crippen molar-refractivity contribution in [1.29, 1.82) is 0 Å². The van der Waals surface area contributed by atoms with Gasteiger partial charge in [-0.3, -0.25) is 4.79 Å². The third-order valence-corrected chi connectivity index (χ3v) is 2.32. The zero-order chi connectivity index (χ0) is 9.26. The highest BCUT2D eigenvalue weighted by Gasteiger charge is 2.28. The van der Waals surface area contributed by atoms with Crippen molar-refractivity contribution >= 4 is 24.1 Å². The molecule has 2 rings (SSSR count). The molecule has 0 saturated heterocycles. The predicted molar refractivity (Wildman–Crippen MR) is 56.9 cm³/mol. The zero-order valence-corrected chi connectivity index (χ0v) is 8.64. The molecule has 1 heterocycles. The number of para-hydroxylation sites is 1. The molecular weight excluding hydrogens is 202 g/mol. The molecule has 1 unspecified atom stereocenters. The van der Waals surface area contributed by atoms with Gasteiger partial charge >= 0.3 is 5.97 Å². The number of ether oxygens (including phenoxy) is 1. The molecule has 0 bridgehead atoms. The summed E-state index contributed by atoms with van der Waals surface area (Å²) in [5, 5.41) is 3.16. The van der Waals surface area contributed by atoms with E-state index in [2.05, 4.69) is 5.32 Å². The Labute approximate surface area is 88.9 Å². The SMILES string of the molecule is COC(=O)C1CNc2ccccc21.Cl. The van der Waals surface area contributed by atoms with E-state index in [0.717, 1.165) is 11.3 Å². The normalized spacial score (nSPS) is 17.6. The standard InChI is InChI=1S/C10H11NO2.ClH/c1-13-10(12)8-6-11-9-5-3-2-4-7(8)9;/h2-5,8,11H,6H2,1H3;1H. The van der Waals surface area contributed by atoms with Crippen LogP contribution >= 0.6 is 12.4 Å². The van der Waals surface area contributed by atoms with Crippen LogP contribution in [-0.2, 0) is 9.53 Å². The Morgan fingerprint density at radius 1 is 1.50 bits per heavy atom. The summed E-state index contributed by atoms with van der Waals surface area (Å²) in [6.45, 7) is 0.645. The van der Waals surface area contributed by atoms with Gasteiger partial charge in [0.2, 0.25) is 0 Å². The second kappa shape index (κ2) is 4.33. The quantitative estimate of drug-likeness (QED) is 0.723. The van der Waals surface area contributed by atoms with Crippen LogP contribution in [0.5, 0.6) is 0 Å². The molecule has 3 nitrogen and oxygen atoms in total. The van der Waals surface area contributed by atoms with Crippen LogP contribution in [-0.4, -0.2) is 19.6 Å². The summed E-state index contributed by atoms with van der Waals surface area (Å²) in [7, 11) is 1.42. The number of carbonyl (C=O) groups excluding carboxylic acids is 1. The van der Waals surface area contributed by atoms with Crippen molar-refractivity contribution in [3.63, 3.8) is 0 Å². The van der Waals surface area contributed by atoms with Crippen LogP contribution in [0, 0.1) is 0 Å². The Kier molecular flexibility index (Phi) is 3.36. The Bertz CT molecular complexity index is 341. The number of nitrogens with one attached hydrogen (secondary N) is 1. The highest BCUT2D eigenvalue weighted by molar-refractivity contribution is 5.85. The lowest BCUT2D eigenvalue weighted by molar-refractivity contribution is -0.141. The van der Waals surface area contributed by atoms with E-state index >= 15 is 0 Å². The van der Waals surface area contributed by atoms with Crippen molar-refractivity contribution in [2.24, 2.45) is 0 Å². The highest BCUT2D eigenvalue weighted by atomic mass is 35.5. The number of esters is 1. The van der Waals surface area contributed by atoms with Crippen LogP contribution in [0.1, 0.15) is 11.5 Å². The second-order valence-electron chi connectivity index (χ2n) is 3.04. The smallest absolute Gasteiger partial charge is 0.315 e. The van der Waals surface area contributed by atoms with E-state index in [1.165, 1.54) is 7.11 Å². The Balaban J connectivity index is 0.000000980. The Morgan fingerprint density at radius 2 is 2.21 bits per heavy atom. The number of halogens is 1. The summed E-state index contributed by atoms with van der Waals surface area (Å²) < 4.78 is 4.71. The van der Waals surface area contributed by atoms with E-state index in [1.807, 2.05) is 24.3 Å². The van der Waals surface area contributed by atoms with E-state index in [0.29, 0.717) is 6.54 Å². The number of anilines is 1. The molecule has 4 heteroatoms. The minimum atomic E-state index is -0.169. The van der Waals surface area contributed by atoms with Gasteiger partial charge in [-0.1, -0.05) is 18.2 Å². The summed E-state index contributed by atoms with van der Waals surface area (Å²) in [6.07, 6.45) is 0. The molecule has 1 aromatic rings. The maximum atomic E-state index is 11.3. The molecule has 1 aromatic carbocycles. The van der Waals surface area contributed by atoms with Gasteiger partial charge in [-0.2, -0.15) is 0 Å². The Hall–Kier alpha value is -1.22. The molecule has 0 fully saturated rings. The number of carbonyl (C=O) groups is 1. The van der Waals surface area contributed by atoms with Crippen LogP contribution in [0.2, 0.25) is 0 Å². The third kappa shape index (κ3) is 1.68. The van der Waals surface area contributed by atoms with E-state index in [4.69, 9.17) is 4.74 Å². The van der Waals surface area contributed by atoms with Gasteiger partial charge in [0.15, 0.2) is 0 Å². The first-order valence-electron chi connectivity index (χ1n) is 4.23. The van der Waals surface area contributed by atoms with Gasteiger partial charge in [-0.15, -0.1) is 12.4 Å². The lowest BCUT2D eigenvalue weighted by Crippen LogP contribution is -2.15. The highest BCUT2D eigenvalue weighted by Crippen LogP contribution is 2.31. The zero-order valence-electron chi connectivity index (χ0n) is 7.82. The second-order valence-corrected chi connectivity index (χ2v) is 3.04. The summed E-state index contributed by atoms with van der Waals surface area (Å²) in [5.41, 5.74) is 2.08. The largest absolute Gasteiger partial charge is 0.468 e. The first-order chi connectivity index (χ1) is 6.33. The molecule has 0 spiro atoms. The fourth-order valence-corrected chi connectivity index (χ4v) is 1.64. The monoisotopic (exact) mass is 213 g/mol. The van der Waals surface area contributed by atoms with Gasteiger partial charge in [0.05, 0.1) is 7.11 Å². The summed E-state index contributed by atoms with van der Waals surface area (Å²) in [4.78, 5) is 11.3. The molecule has 14 heavy (non-hydrogen) atoms. The fraction of sp³-hybridized carbons (Fsp3) is 0.300. The summed E-state index contributed by atoms with van der Waals surface area (Å²) in [6, 6.07) is 7.81. The predicted octanol–water partition coefficient (Wildman–Crippen LogP) is 1.79. The fourth-order valence-electron chi connectivity index (χ4n) is 1.64. The van der Waals surface area contributed by atoms with Crippen molar-refractivity contribution in [2.45, 2.75) is 5.92 Å². The lowest BCUT2D eigenvalue weighted by atomic mass is 10.0. The molecule has 0 amide bonds. The van der Waals surface area contributed by atoms with Crippen LogP contribution in [0.25, 0.3) is 0 Å². The van der Waals surface area contributed by atoms with Crippen LogP contribution in [0.4, 0.5) is 5.69 Å². The minimum absolute atomic E-state index is 0. The average Bonchev–Trinajstić information content (AvgIpc) is 2.60. The van der Waals surface area contributed by atoms with Crippen molar-refractivity contribution in [3.05, 3.63) is 29.8 Å². The Morgan fingerprint density at radius 3 is 2.93 bits per heavy atom. The molecule has 0 radical (unpaired) electrons. The van der Waals surface area contributed by atoms with E-state index < -0.39 is 0 Å². The molecule has 1 atom stereocenters. The van der Waals surface area contributed by atoms with Crippen molar-refractivity contribution in [3.8, 4) is 0 Å². The van der Waals surface area contributed by atoms with Gasteiger partial charge in [-0.05, 0) is 11.6 Å². The van der Waals surface area contributed by atoms with Gasteiger partial charge in [0.25, 0.3) is 0 Å². The molecule has 1 aliphatic heterocycles. The maximum absolute atomic E-state index is 11.3. The number of benzene rings is 1. The van der Waals surface area contributed by atoms with Gasteiger partial charge in [0.1, 0.15) is 5.92 Å². The van der Waals surface area contributed by atoms with Crippen LogP contribution < -0.4 is 5.32 Å². The number of hydrogen-bond donors (Lipinski definition) is 1. The third-order valence-electron chi connectivity index (χ3n) is 2.32. The molecule has 1 N–H and O–H groups in total. The van der Waals surface area contributed by atoms with Gasteiger partial charge < -0.3 is 10.1 Å². The number of methoxy groups -OCH3 is 1. The molecule has 0 aromatic heterocycles. The molecular formula is C10H12ClNO2. The minimum Gasteiger partial charge on any atom is -0.468 e. The summed E-state index contributed by atoms with van der Waals surface area (Å²) >= 11 is 0. The topological polar surface area (TPSA) is 38.3 Å². The first kappa shape index (κ1) is 10.9. The molecule has 0 aliphatic carbocycles. The van der Waals surface area contributed by atoms with Gasteiger partial charge in [-0.25, -0.2) is 0 Å².